The quantitative estimate of drug-likeness (QED) is 0.721. The molecule has 2 aliphatic rings. The van der Waals surface area contributed by atoms with Gasteiger partial charge >= 0.3 is 6.03 Å². The molecular formula is C25H34N4O2. The molecule has 0 radical (unpaired) electrons. The first-order chi connectivity index (χ1) is 14.8. The Labute approximate surface area is 185 Å². The fraction of sp³-hybridized carbons (Fsp3) is 0.560. The van der Waals surface area contributed by atoms with Gasteiger partial charge in [-0.05, 0) is 61.3 Å². The molecule has 4 rings (SSSR count). The van der Waals surface area contributed by atoms with Gasteiger partial charge in [-0.15, -0.1) is 0 Å². The lowest BCUT2D eigenvalue weighted by Gasteiger charge is -2.45. The van der Waals surface area contributed by atoms with E-state index in [9.17, 15) is 9.90 Å². The van der Waals surface area contributed by atoms with Crippen molar-refractivity contribution >= 4 is 11.7 Å². The third-order valence-electron chi connectivity index (χ3n) is 7.53. The Kier molecular flexibility index (Phi) is 6.02. The highest BCUT2D eigenvalue weighted by Crippen LogP contribution is 2.47. The van der Waals surface area contributed by atoms with Crippen LogP contribution in [0.5, 0.6) is 0 Å². The fourth-order valence-corrected chi connectivity index (χ4v) is 4.88. The van der Waals surface area contributed by atoms with E-state index in [-0.39, 0.29) is 16.9 Å². The summed E-state index contributed by atoms with van der Waals surface area (Å²) in [5.74, 6) is 0. The molecule has 0 spiro atoms. The minimum absolute atomic E-state index is 0.00877. The number of benzene rings is 1. The van der Waals surface area contributed by atoms with Gasteiger partial charge in [0, 0.05) is 13.1 Å². The van der Waals surface area contributed by atoms with Crippen LogP contribution in [0, 0.1) is 5.41 Å². The zero-order valence-corrected chi connectivity index (χ0v) is 18.7. The highest BCUT2D eigenvalue weighted by atomic mass is 16.3. The highest BCUT2D eigenvalue weighted by Gasteiger charge is 2.41. The average molecular weight is 423 g/mol. The second-order valence-electron chi connectivity index (χ2n) is 10.2. The molecule has 6 nitrogen and oxygen atoms in total. The number of anilines is 1. The number of hydrogen-bond donors (Lipinski definition) is 2. The van der Waals surface area contributed by atoms with Crippen LogP contribution in [0.4, 0.5) is 10.5 Å². The van der Waals surface area contributed by atoms with Crippen molar-refractivity contribution < 1.29 is 9.90 Å². The van der Waals surface area contributed by atoms with Crippen molar-refractivity contribution in [2.45, 2.75) is 69.8 Å². The molecule has 2 N–H and O–H groups in total. The normalized spacial score (nSPS) is 27.2. The Morgan fingerprint density at radius 1 is 1.03 bits per heavy atom. The van der Waals surface area contributed by atoms with E-state index in [2.05, 4.69) is 59.5 Å². The summed E-state index contributed by atoms with van der Waals surface area (Å²) in [4.78, 5) is 23.1. The standard InChI is InChI=1S/C25H34N4O2/c1-23(11-13-24(2,14-12-23)20-7-4-3-5-8-20)18-29(21-15-26-19-27-16-21)22(30)28-17-25(31)9-6-10-25/h3-5,7-8,15-16,19,31H,6,9-14,17-18H2,1-2H3,(H,28,30). The van der Waals surface area contributed by atoms with Crippen molar-refractivity contribution in [1.82, 2.24) is 15.3 Å². The van der Waals surface area contributed by atoms with Gasteiger partial charge in [0.25, 0.3) is 0 Å². The van der Waals surface area contributed by atoms with Gasteiger partial charge in [0.2, 0.25) is 0 Å². The maximum absolute atomic E-state index is 13.1. The number of nitrogens with zero attached hydrogens (tertiary/aromatic N) is 3. The van der Waals surface area contributed by atoms with E-state index in [4.69, 9.17) is 0 Å². The summed E-state index contributed by atoms with van der Waals surface area (Å²) in [6.45, 7) is 5.53. The number of amides is 2. The van der Waals surface area contributed by atoms with Crippen molar-refractivity contribution in [3.05, 3.63) is 54.6 Å². The van der Waals surface area contributed by atoms with E-state index in [1.54, 1.807) is 17.3 Å². The number of rotatable bonds is 6. The van der Waals surface area contributed by atoms with E-state index in [0.717, 1.165) is 44.9 Å². The minimum Gasteiger partial charge on any atom is -0.388 e. The smallest absolute Gasteiger partial charge is 0.322 e. The first kappa shape index (κ1) is 21.8. The van der Waals surface area contributed by atoms with Crippen LogP contribution in [-0.4, -0.2) is 39.8 Å². The first-order valence-electron chi connectivity index (χ1n) is 11.4. The molecule has 2 saturated carbocycles. The Morgan fingerprint density at radius 2 is 1.68 bits per heavy atom. The molecule has 2 aliphatic carbocycles. The van der Waals surface area contributed by atoms with Gasteiger partial charge in [0.05, 0.1) is 23.7 Å². The summed E-state index contributed by atoms with van der Waals surface area (Å²) in [5, 5.41) is 13.3. The molecule has 0 unspecified atom stereocenters. The SMILES string of the molecule is CC1(CN(C(=O)NCC2(O)CCC2)c2cncnc2)CCC(C)(c2ccccc2)CC1. The minimum atomic E-state index is -0.749. The van der Waals surface area contributed by atoms with Gasteiger partial charge < -0.3 is 10.4 Å². The Balaban J connectivity index is 1.46. The zero-order valence-electron chi connectivity index (χ0n) is 18.7. The Morgan fingerprint density at radius 3 is 2.26 bits per heavy atom. The van der Waals surface area contributed by atoms with Crippen molar-refractivity contribution in [3.63, 3.8) is 0 Å². The number of hydrogen-bond acceptors (Lipinski definition) is 4. The maximum Gasteiger partial charge on any atom is 0.322 e. The summed E-state index contributed by atoms with van der Waals surface area (Å²) in [6, 6.07) is 10.6. The summed E-state index contributed by atoms with van der Waals surface area (Å²) >= 11 is 0. The van der Waals surface area contributed by atoms with Gasteiger partial charge in [0.1, 0.15) is 6.33 Å². The van der Waals surface area contributed by atoms with E-state index >= 15 is 0 Å². The van der Waals surface area contributed by atoms with Crippen molar-refractivity contribution in [2.75, 3.05) is 18.0 Å². The lowest BCUT2D eigenvalue weighted by molar-refractivity contribution is -0.0288. The predicted octanol–water partition coefficient (Wildman–Crippen LogP) is 4.45. The summed E-state index contributed by atoms with van der Waals surface area (Å²) < 4.78 is 0. The number of carbonyl (C=O) groups excluding carboxylic acids is 1. The highest BCUT2D eigenvalue weighted by molar-refractivity contribution is 5.91. The predicted molar refractivity (Wildman–Crippen MR) is 122 cm³/mol. The van der Waals surface area contributed by atoms with Gasteiger partial charge in [-0.25, -0.2) is 14.8 Å². The Hall–Kier alpha value is -2.47. The second kappa shape index (κ2) is 8.58. The van der Waals surface area contributed by atoms with Crippen LogP contribution >= 0.6 is 0 Å². The molecule has 2 amide bonds. The molecule has 1 aromatic carbocycles. The summed E-state index contributed by atoms with van der Waals surface area (Å²) in [6.07, 6.45) is 11.6. The van der Waals surface area contributed by atoms with Gasteiger partial charge in [-0.3, -0.25) is 4.90 Å². The van der Waals surface area contributed by atoms with Crippen LogP contribution in [0.1, 0.15) is 64.4 Å². The average Bonchev–Trinajstić information content (AvgIpc) is 2.78. The number of aliphatic hydroxyl groups is 1. The van der Waals surface area contributed by atoms with Crippen LogP contribution in [0.2, 0.25) is 0 Å². The van der Waals surface area contributed by atoms with Crippen LogP contribution < -0.4 is 10.2 Å². The van der Waals surface area contributed by atoms with Crippen molar-refractivity contribution in [1.29, 1.82) is 0 Å². The molecule has 0 bridgehead atoms. The molecule has 166 valence electrons. The third kappa shape index (κ3) is 4.90. The number of urea groups is 1. The molecule has 2 aromatic rings. The molecule has 1 heterocycles. The summed E-state index contributed by atoms with van der Waals surface area (Å²) in [5.41, 5.74) is 1.53. The molecule has 0 saturated heterocycles. The second-order valence-corrected chi connectivity index (χ2v) is 10.2. The molecule has 2 fully saturated rings. The van der Waals surface area contributed by atoms with Crippen LogP contribution in [0.3, 0.4) is 0 Å². The molecule has 0 atom stereocenters. The number of nitrogens with one attached hydrogen (secondary N) is 1. The number of carbonyl (C=O) groups is 1. The molecule has 1 aromatic heterocycles. The van der Waals surface area contributed by atoms with E-state index in [1.807, 2.05) is 0 Å². The third-order valence-corrected chi connectivity index (χ3v) is 7.53. The van der Waals surface area contributed by atoms with Crippen molar-refractivity contribution in [2.24, 2.45) is 5.41 Å². The molecule has 0 aliphatic heterocycles. The monoisotopic (exact) mass is 422 g/mol. The Bertz CT molecular complexity index is 875. The van der Waals surface area contributed by atoms with Crippen LogP contribution in [0.25, 0.3) is 0 Å². The lowest BCUT2D eigenvalue weighted by atomic mass is 9.62. The fourth-order valence-electron chi connectivity index (χ4n) is 4.88. The first-order valence-corrected chi connectivity index (χ1v) is 11.4. The molecule has 6 heteroatoms. The molecule has 31 heavy (non-hydrogen) atoms. The zero-order chi connectivity index (χ0) is 22.0. The van der Waals surface area contributed by atoms with Crippen molar-refractivity contribution in [3.8, 4) is 0 Å². The number of aromatic nitrogens is 2. The van der Waals surface area contributed by atoms with Gasteiger partial charge in [-0.1, -0.05) is 44.2 Å². The lowest BCUT2D eigenvalue weighted by Crippen LogP contribution is -2.53. The topological polar surface area (TPSA) is 78.4 Å². The van der Waals surface area contributed by atoms with Gasteiger partial charge in [0.15, 0.2) is 0 Å². The van der Waals surface area contributed by atoms with Gasteiger partial charge in [-0.2, -0.15) is 0 Å². The largest absolute Gasteiger partial charge is 0.388 e. The molecular weight excluding hydrogens is 388 g/mol. The van der Waals surface area contributed by atoms with Crippen LogP contribution in [0.15, 0.2) is 49.1 Å². The summed E-state index contributed by atoms with van der Waals surface area (Å²) in [7, 11) is 0. The van der Waals surface area contributed by atoms with E-state index < -0.39 is 5.60 Å². The van der Waals surface area contributed by atoms with E-state index in [1.165, 1.54) is 11.9 Å². The maximum atomic E-state index is 13.1. The van der Waals surface area contributed by atoms with E-state index in [0.29, 0.717) is 18.8 Å². The van der Waals surface area contributed by atoms with Crippen LogP contribution in [-0.2, 0) is 5.41 Å².